The number of phenolic OH excluding ortho intramolecular Hbond substituents is 1. The third-order valence-electron chi connectivity index (χ3n) is 4.13. The molecule has 5 nitrogen and oxygen atoms in total. The van der Waals surface area contributed by atoms with Crippen molar-refractivity contribution in [1.82, 2.24) is 4.90 Å². The Morgan fingerprint density at radius 2 is 1.93 bits per heavy atom. The number of thioether (sulfide) groups is 1. The van der Waals surface area contributed by atoms with E-state index in [4.69, 9.17) is 16.6 Å². The van der Waals surface area contributed by atoms with Gasteiger partial charge in [0.2, 0.25) is 0 Å². The quantitative estimate of drug-likeness (QED) is 0.536. The van der Waals surface area contributed by atoms with Gasteiger partial charge in [-0.15, -0.1) is 0 Å². The molecule has 2 heterocycles. The predicted octanol–water partition coefficient (Wildman–Crippen LogP) is 3.90. The number of nitrogens with zero attached hydrogens (tertiary/aromatic N) is 1. The van der Waals surface area contributed by atoms with Crippen molar-refractivity contribution < 1.29 is 14.3 Å². The molecule has 27 heavy (non-hydrogen) atoms. The van der Waals surface area contributed by atoms with Gasteiger partial charge in [-0.3, -0.25) is 14.5 Å². The Morgan fingerprint density at radius 1 is 1.15 bits per heavy atom. The maximum atomic E-state index is 12.7. The number of benzene rings is 2. The molecule has 0 bridgehead atoms. The highest BCUT2D eigenvalue weighted by Gasteiger charge is 2.32. The molecule has 1 aliphatic heterocycles. The molecule has 4 rings (SSSR count). The van der Waals surface area contributed by atoms with E-state index in [1.54, 1.807) is 0 Å². The smallest absolute Gasteiger partial charge is 0.266 e. The summed E-state index contributed by atoms with van der Waals surface area (Å²) < 4.78 is 5.89. The molecular weight excluding hydrogens is 382 g/mol. The third kappa shape index (κ3) is 3.39. The van der Waals surface area contributed by atoms with Gasteiger partial charge >= 0.3 is 0 Å². The van der Waals surface area contributed by atoms with Gasteiger partial charge in [-0.1, -0.05) is 54.3 Å². The molecule has 0 spiro atoms. The van der Waals surface area contributed by atoms with E-state index >= 15 is 0 Å². The molecule has 1 N–H and O–H groups in total. The molecule has 0 saturated carbocycles. The minimum atomic E-state index is -0.319. The third-order valence-corrected chi connectivity index (χ3v) is 5.50. The molecule has 3 aromatic rings. The molecule has 1 aliphatic rings. The van der Waals surface area contributed by atoms with Crippen LogP contribution in [-0.4, -0.2) is 20.2 Å². The van der Waals surface area contributed by atoms with E-state index in [0.29, 0.717) is 21.4 Å². The molecule has 0 atom stereocenters. The summed E-state index contributed by atoms with van der Waals surface area (Å²) in [5.74, 6) is -0.273. The van der Waals surface area contributed by atoms with Crippen molar-refractivity contribution in [3.8, 4) is 5.75 Å². The van der Waals surface area contributed by atoms with E-state index in [2.05, 4.69) is 0 Å². The van der Waals surface area contributed by atoms with Gasteiger partial charge in [0.15, 0.2) is 5.43 Å². The lowest BCUT2D eigenvalue weighted by molar-refractivity contribution is -0.122. The maximum absolute atomic E-state index is 12.7. The predicted molar refractivity (Wildman–Crippen MR) is 109 cm³/mol. The molecule has 1 fully saturated rings. The number of fused-ring (bicyclic) bond motifs is 1. The van der Waals surface area contributed by atoms with Crippen molar-refractivity contribution in [3.05, 3.63) is 81.0 Å². The molecular formula is C20H13NO4S2. The summed E-state index contributed by atoms with van der Waals surface area (Å²) in [7, 11) is 0. The van der Waals surface area contributed by atoms with E-state index in [9.17, 15) is 14.7 Å². The summed E-state index contributed by atoms with van der Waals surface area (Å²) in [6.45, 7) is 0.378. The van der Waals surface area contributed by atoms with Crippen LogP contribution in [0.25, 0.3) is 17.0 Å². The van der Waals surface area contributed by atoms with Crippen LogP contribution in [0, 0.1) is 0 Å². The Morgan fingerprint density at radius 3 is 2.70 bits per heavy atom. The van der Waals surface area contributed by atoms with Crippen LogP contribution in [0.5, 0.6) is 5.75 Å². The fourth-order valence-corrected chi connectivity index (χ4v) is 4.02. The van der Waals surface area contributed by atoms with Crippen molar-refractivity contribution in [2.75, 3.05) is 0 Å². The zero-order chi connectivity index (χ0) is 19.0. The first kappa shape index (κ1) is 17.5. The lowest BCUT2D eigenvalue weighted by Crippen LogP contribution is -2.27. The van der Waals surface area contributed by atoms with Crippen LogP contribution in [0.3, 0.4) is 0 Å². The Labute approximate surface area is 163 Å². The highest BCUT2D eigenvalue weighted by Crippen LogP contribution is 2.33. The van der Waals surface area contributed by atoms with Crippen LogP contribution in [0.1, 0.15) is 11.1 Å². The molecule has 7 heteroatoms. The molecule has 0 aliphatic carbocycles. The number of hydrogen-bond donors (Lipinski definition) is 1. The number of aromatic hydroxyl groups is 1. The molecule has 1 saturated heterocycles. The van der Waals surface area contributed by atoms with Crippen LogP contribution in [-0.2, 0) is 11.3 Å². The van der Waals surface area contributed by atoms with E-state index in [1.165, 1.54) is 35.4 Å². The Hall–Kier alpha value is -2.90. The lowest BCUT2D eigenvalue weighted by Gasteiger charge is -2.14. The van der Waals surface area contributed by atoms with Crippen molar-refractivity contribution in [1.29, 1.82) is 0 Å². The van der Waals surface area contributed by atoms with Crippen LogP contribution in [0.2, 0.25) is 0 Å². The first-order valence-corrected chi connectivity index (χ1v) is 9.29. The number of carbonyl (C=O) groups is 1. The monoisotopic (exact) mass is 395 g/mol. The minimum Gasteiger partial charge on any atom is -0.508 e. The number of carbonyl (C=O) groups excluding carboxylic acids is 1. The average Bonchev–Trinajstić information content (AvgIpc) is 2.93. The highest BCUT2D eigenvalue weighted by molar-refractivity contribution is 8.26. The van der Waals surface area contributed by atoms with E-state index in [-0.39, 0.29) is 28.0 Å². The highest BCUT2D eigenvalue weighted by atomic mass is 32.2. The van der Waals surface area contributed by atoms with Crippen molar-refractivity contribution in [2.45, 2.75) is 6.54 Å². The second kappa shape index (κ2) is 7.02. The Kier molecular flexibility index (Phi) is 4.55. The van der Waals surface area contributed by atoms with Gasteiger partial charge in [-0.2, -0.15) is 0 Å². The van der Waals surface area contributed by atoms with Crippen LogP contribution in [0.4, 0.5) is 0 Å². The second-order valence-electron chi connectivity index (χ2n) is 5.95. The normalized spacial score (nSPS) is 15.9. The zero-order valence-electron chi connectivity index (χ0n) is 13.9. The maximum Gasteiger partial charge on any atom is 0.266 e. The Balaban J connectivity index is 1.68. The van der Waals surface area contributed by atoms with Gasteiger partial charge in [0.25, 0.3) is 5.91 Å². The Bertz CT molecular complexity index is 1150. The molecule has 134 valence electrons. The summed E-state index contributed by atoms with van der Waals surface area (Å²) in [6.07, 6.45) is 2.80. The molecule has 0 radical (unpaired) electrons. The number of hydrogen-bond acceptors (Lipinski definition) is 6. The van der Waals surface area contributed by atoms with Gasteiger partial charge in [0.1, 0.15) is 21.9 Å². The fraction of sp³-hybridized carbons (Fsp3) is 0.0500. The van der Waals surface area contributed by atoms with E-state index in [1.807, 2.05) is 30.3 Å². The number of amides is 1. The lowest BCUT2D eigenvalue weighted by atomic mass is 10.1. The number of thiocarbonyl (C=S) groups is 1. The largest absolute Gasteiger partial charge is 0.508 e. The molecule has 2 aromatic carbocycles. The van der Waals surface area contributed by atoms with Gasteiger partial charge < -0.3 is 9.52 Å². The van der Waals surface area contributed by atoms with Crippen LogP contribution >= 0.6 is 24.0 Å². The standard InChI is InChI=1S/C20H13NO4S2/c22-14-6-7-16-15(9-14)18(23)13(11-25-16)8-17-19(24)21(20(26)27-17)10-12-4-2-1-3-5-12/h1-9,11,22H,10H2/b17-8-. The molecule has 1 amide bonds. The van der Waals surface area contributed by atoms with Crippen LogP contribution in [0.15, 0.2) is 68.9 Å². The molecule has 1 aromatic heterocycles. The second-order valence-corrected chi connectivity index (χ2v) is 7.63. The van der Waals surface area contributed by atoms with Crippen LogP contribution < -0.4 is 5.43 Å². The summed E-state index contributed by atoms with van der Waals surface area (Å²) >= 11 is 6.48. The summed E-state index contributed by atoms with van der Waals surface area (Å²) in [6, 6.07) is 13.9. The van der Waals surface area contributed by atoms with E-state index in [0.717, 1.165) is 17.3 Å². The minimum absolute atomic E-state index is 0.0267. The summed E-state index contributed by atoms with van der Waals surface area (Å²) in [5.41, 5.74) is 1.25. The average molecular weight is 395 g/mol. The fourth-order valence-electron chi connectivity index (χ4n) is 2.78. The van der Waals surface area contributed by atoms with Gasteiger partial charge in [0, 0.05) is 0 Å². The van der Waals surface area contributed by atoms with Gasteiger partial charge in [0.05, 0.1) is 22.4 Å². The molecule has 0 unspecified atom stereocenters. The van der Waals surface area contributed by atoms with Gasteiger partial charge in [-0.25, -0.2) is 0 Å². The first-order valence-electron chi connectivity index (χ1n) is 8.07. The number of phenols is 1. The van der Waals surface area contributed by atoms with E-state index < -0.39 is 0 Å². The zero-order valence-corrected chi connectivity index (χ0v) is 15.5. The van der Waals surface area contributed by atoms with Crippen molar-refractivity contribution in [3.63, 3.8) is 0 Å². The van der Waals surface area contributed by atoms with Gasteiger partial charge in [-0.05, 0) is 29.8 Å². The summed E-state index contributed by atoms with van der Waals surface area (Å²) in [5, 5.41) is 9.86. The SMILES string of the molecule is O=C1/C(=C/c2coc3ccc(O)cc3c2=O)SC(=S)N1Cc1ccccc1. The number of rotatable bonds is 3. The first-order chi connectivity index (χ1) is 13.0. The topological polar surface area (TPSA) is 70.7 Å². The van der Waals surface area contributed by atoms with Crippen molar-refractivity contribution in [2.24, 2.45) is 0 Å². The van der Waals surface area contributed by atoms with Crippen molar-refractivity contribution >= 4 is 51.3 Å². The summed E-state index contributed by atoms with van der Waals surface area (Å²) in [4.78, 5) is 27.2.